The molecule has 0 bridgehead atoms. The average molecular weight is 247 g/mol. The predicted molar refractivity (Wildman–Crippen MR) is 72.3 cm³/mol. The van der Waals surface area contributed by atoms with Crippen molar-refractivity contribution in [2.24, 2.45) is 5.73 Å². The number of H-pyrrole nitrogens is 1. The van der Waals surface area contributed by atoms with E-state index in [1.807, 2.05) is 25.3 Å². The van der Waals surface area contributed by atoms with E-state index >= 15 is 0 Å². The van der Waals surface area contributed by atoms with Gasteiger partial charge in [-0.3, -0.25) is 0 Å². The van der Waals surface area contributed by atoms with Crippen LogP contribution in [-0.2, 0) is 6.42 Å². The van der Waals surface area contributed by atoms with Gasteiger partial charge in [-0.15, -0.1) is 0 Å². The van der Waals surface area contributed by atoms with E-state index in [9.17, 15) is 0 Å². The molecule has 0 aromatic carbocycles. The van der Waals surface area contributed by atoms with Gasteiger partial charge < -0.3 is 15.1 Å². The Labute approximate surface area is 108 Å². The van der Waals surface area contributed by atoms with Crippen LogP contribution < -0.4 is 5.73 Å². The Hall–Kier alpha value is -1.55. The first-order valence-corrected chi connectivity index (χ1v) is 6.60. The lowest BCUT2D eigenvalue weighted by atomic mass is 10.1. The van der Waals surface area contributed by atoms with E-state index in [1.165, 1.54) is 12.8 Å². The molecule has 0 aliphatic heterocycles. The molecule has 98 valence electrons. The van der Waals surface area contributed by atoms with Gasteiger partial charge in [-0.05, 0) is 38.4 Å². The second-order valence-electron chi connectivity index (χ2n) is 4.61. The minimum atomic E-state index is 0.794. The Kier molecular flexibility index (Phi) is 4.59. The predicted octanol–water partition coefficient (Wildman–Crippen LogP) is 3.04. The lowest BCUT2D eigenvalue weighted by Gasteiger charge is -1.98. The number of unbranched alkanes of at least 4 members (excludes halogenated alkanes) is 3. The minimum Gasteiger partial charge on any atom is -0.460 e. The number of hydrogen-bond donors (Lipinski definition) is 2. The third kappa shape index (κ3) is 3.47. The van der Waals surface area contributed by atoms with Crippen LogP contribution in [0.4, 0.5) is 0 Å². The molecule has 0 fully saturated rings. The lowest BCUT2D eigenvalue weighted by Crippen LogP contribution is -1.98. The summed E-state index contributed by atoms with van der Waals surface area (Å²) in [7, 11) is 0. The molecule has 0 unspecified atom stereocenters. The van der Waals surface area contributed by atoms with Crippen LogP contribution in [-0.4, -0.2) is 16.5 Å². The second-order valence-corrected chi connectivity index (χ2v) is 4.61. The highest BCUT2D eigenvalue weighted by Crippen LogP contribution is 2.20. The molecule has 0 radical (unpaired) electrons. The van der Waals surface area contributed by atoms with Crippen LogP contribution in [0.5, 0.6) is 0 Å². The summed E-state index contributed by atoms with van der Waals surface area (Å²) in [5, 5.41) is 0. The first-order valence-electron chi connectivity index (χ1n) is 6.60. The third-order valence-electron chi connectivity index (χ3n) is 3.00. The van der Waals surface area contributed by atoms with E-state index in [2.05, 4.69) is 9.97 Å². The SMILES string of the molecule is Cc1ccc(-c2cnc(CCCCCCN)[nH]2)o1. The fourth-order valence-electron chi connectivity index (χ4n) is 1.98. The monoisotopic (exact) mass is 247 g/mol. The fourth-order valence-corrected chi connectivity index (χ4v) is 1.98. The molecule has 2 heterocycles. The first kappa shape index (κ1) is 12.9. The normalized spacial score (nSPS) is 11.0. The van der Waals surface area contributed by atoms with Gasteiger partial charge in [-0.2, -0.15) is 0 Å². The highest BCUT2D eigenvalue weighted by Gasteiger charge is 2.06. The smallest absolute Gasteiger partial charge is 0.152 e. The molecule has 0 amide bonds. The molecule has 0 saturated carbocycles. The Bertz CT molecular complexity index is 473. The van der Waals surface area contributed by atoms with Crippen LogP contribution in [0.25, 0.3) is 11.5 Å². The summed E-state index contributed by atoms with van der Waals surface area (Å²) in [6.45, 7) is 2.74. The zero-order valence-corrected chi connectivity index (χ0v) is 10.9. The Morgan fingerprint density at radius 3 is 2.78 bits per heavy atom. The van der Waals surface area contributed by atoms with Crippen molar-refractivity contribution in [1.82, 2.24) is 9.97 Å². The van der Waals surface area contributed by atoms with Crippen molar-refractivity contribution < 1.29 is 4.42 Å². The van der Waals surface area contributed by atoms with Crippen molar-refractivity contribution in [3.8, 4) is 11.5 Å². The van der Waals surface area contributed by atoms with Crippen molar-refractivity contribution >= 4 is 0 Å². The van der Waals surface area contributed by atoms with Gasteiger partial charge in [-0.1, -0.05) is 12.8 Å². The van der Waals surface area contributed by atoms with E-state index in [1.54, 1.807) is 0 Å². The summed E-state index contributed by atoms with van der Waals surface area (Å²) in [6, 6.07) is 3.93. The van der Waals surface area contributed by atoms with Gasteiger partial charge in [0, 0.05) is 6.42 Å². The zero-order chi connectivity index (χ0) is 12.8. The molecule has 0 aliphatic rings. The van der Waals surface area contributed by atoms with Crippen molar-refractivity contribution in [2.75, 3.05) is 6.54 Å². The Morgan fingerprint density at radius 2 is 2.06 bits per heavy atom. The summed E-state index contributed by atoms with van der Waals surface area (Å²) in [5.41, 5.74) is 6.42. The highest BCUT2D eigenvalue weighted by atomic mass is 16.3. The maximum Gasteiger partial charge on any atom is 0.152 e. The number of imidazole rings is 1. The summed E-state index contributed by atoms with van der Waals surface area (Å²) in [6.07, 6.45) is 7.53. The van der Waals surface area contributed by atoms with E-state index < -0.39 is 0 Å². The van der Waals surface area contributed by atoms with Crippen molar-refractivity contribution in [1.29, 1.82) is 0 Å². The molecule has 18 heavy (non-hydrogen) atoms. The maximum atomic E-state index is 5.56. The summed E-state index contributed by atoms with van der Waals surface area (Å²) >= 11 is 0. The quantitative estimate of drug-likeness (QED) is 0.739. The van der Waals surface area contributed by atoms with Crippen molar-refractivity contribution in [3.05, 3.63) is 29.9 Å². The van der Waals surface area contributed by atoms with Gasteiger partial charge in [-0.25, -0.2) is 4.98 Å². The van der Waals surface area contributed by atoms with Crippen molar-refractivity contribution in [2.45, 2.75) is 39.0 Å². The van der Waals surface area contributed by atoms with Crippen LogP contribution >= 0.6 is 0 Å². The number of hydrogen-bond acceptors (Lipinski definition) is 3. The topological polar surface area (TPSA) is 67.8 Å². The van der Waals surface area contributed by atoms with Gasteiger partial charge in [0.25, 0.3) is 0 Å². The number of aryl methyl sites for hydroxylation is 2. The van der Waals surface area contributed by atoms with E-state index in [-0.39, 0.29) is 0 Å². The molecule has 3 N–H and O–H groups in total. The van der Waals surface area contributed by atoms with E-state index in [4.69, 9.17) is 10.2 Å². The lowest BCUT2D eigenvalue weighted by molar-refractivity contribution is 0.546. The van der Waals surface area contributed by atoms with Crippen molar-refractivity contribution in [3.63, 3.8) is 0 Å². The van der Waals surface area contributed by atoms with Crippen LogP contribution in [0.3, 0.4) is 0 Å². The number of aromatic amines is 1. The summed E-state index contributed by atoms with van der Waals surface area (Å²) in [4.78, 5) is 7.68. The molecule has 0 spiro atoms. The minimum absolute atomic E-state index is 0.794. The fraction of sp³-hybridized carbons (Fsp3) is 0.500. The Balaban J connectivity index is 1.83. The van der Waals surface area contributed by atoms with Gasteiger partial charge in [0.15, 0.2) is 5.76 Å². The van der Waals surface area contributed by atoms with Gasteiger partial charge in [0.2, 0.25) is 0 Å². The van der Waals surface area contributed by atoms with Gasteiger partial charge in [0.05, 0.1) is 6.20 Å². The van der Waals surface area contributed by atoms with Crippen LogP contribution in [0.1, 0.15) is 37.3 Å². The van der Waals surface area contributed by atoms with Crippen LogP contribution in [0.2, 0.25) is 0 Å². The van der Waals surface area contributed by atoms with Gasteiger partial charge in [0.1, 0.15) is 17.3 Å². The number of aromatic nitrogens is 2. The number of furan rings is 1. The largest absolute Gasteiger partial charge is 0.460 e. The van der Waals surface area contributed by atoms with Crippen LogP contribution in [0.15, 0.2) is 22.7 Å². The second kappa shape index (κ2) is 6.40. The molecule has 4 nitrogen and oxygen atoms in total. The summed E-state index contributed by atoms with van der Waals surface area (Å²) in [5.74, 6) is 2.81. The van der Waals surface area contributed by atoms with Crippen LogP contribution in [0, 0.1) is 6.92 Å². The number of rotatable bonds is 7. The molecule has 2 aromatic rings. The summed E-state index contributed by atoms with van der Waals surface area (Å²) < 4.78 is 5.56. The highest BCUT2D eigenvalue weighted by molar-refractivity contribution is 5.51. The number of nitrogens with one attached hydrogen (secondary N) is 1. The Morgan fingerprint density at radius 1 is 1.22 bits per heavy atom. The molecule has 0 aliphatic carbocycles. The third-order valence-corrected chi connectivity index (χ3v) is 3.00. The van der Waals surface area contributed by atoms with Gasteiger partial charge >= 0.3 is 0 Å². The molecule has 2 rings (SSSR count). The zero-order valence-electron chi connectivity index (χ0n) is 10.9. The number of nitrogens with zero attached hydrogens (tertiary/aromatic N) is 1. The average Bonchev–Trinajstić information content (AvgIpc) is 2.97. The van der Waals surface area contributed by atoms with E-state index in [0.29, 0.717) is 0 Å². The maximum absolute atomic E-state index is 5.56. The number of nitrogens with two attached hydrogens (primary N) is 1. The standard InChI is InChI=1S/C14H21N3O/c1-11-7-8-13(18-11)12-10-16-14(17-12)6-4-2-3-5-9-15/h7-8,10H,2-6,9,15H2,1H3,(H,16,17). The molecule has 2 aromatic heterocycles. The molecule has 0 saturated heterocycles. The van der Waals surface area contributed by atoms with E-state index in [0.717, 1.165) is 48.8 Å². The molecular formula is C14H21N3O. The molecular weight excluding hydrogens is 226 g/mol. The molecule has 4 heteroatoms. The first-order chi connectivity index (χ1) is 8.79. The molecule has 0 atom stereocenters.